The van der Waals surface area contributed by atoms with Gasteiger partial charge in [0.05, 0.1) is 44.6 Å². The van der Waals surface area contributed by atoms with E-state index in [1.165, 1.54) is 32.9 Å². The number of hydrogen-bond donors (Lipinski definition) is 12. The van der Waals surface area contributed by atoms with Crippen LogP contribution in [0.25, 0.3) is 11.1 Å². The zero-order chi connectivity index (χ0) is 48.0. The number of aromatic hydroxyl groups is 6. The molecule has 0 unspecified atom stereocenters. The third-order valence-corrected chi connectivity index (χ3v) is 12.2. The van der Waals surface area contributed by atoms with Crippen molar-refractivity contribution >= 4 is 34.3 Å². The largest absolute Gasteiger partial charge is 0.507 e. The number of rotatable bonds is 8. The van der Waals surface area contributed by atoms with Crippen LogP contribution in [0, 0.1) is 13.8 Å². The fourth-order valence-electron chi connectivity index (χ4n) is 8.50. The first-order valence-corrected chi connectivity index (χ1v) is 20.0. The molecule has 0 aromatic heterocycles. The molecule has 0 radical (unpaired) electrons. The normalized spacial score (nSPS) is 19.0. The molecular formula is C50H38O16. The van der Waals surface area contributed by atoms with Crippen LogP contribution in [0.1, 0.15) is 51.4 Å². The lowest BCUT2D eigenvalue weighted by Crippen LogP contribution is -2.29. The van der Waals surface area contributed by atoms with E-state index in [-0.39, 0.29) is 52.7 Å². The molecule has 0 amide bonds. The van der Waals surface area contributed by atoms with Gasteiger partial charge in [0.25, 0.3) is 0 Å². The minimum absolute atomic E-state index is 0.0466. The average Bonchev–Trinajstić information content (AvgIpc) is 3.29. The Bertz CT molecular complexity index is 3220. The van der Waals surface area contributed by atoms with Gasteiger partial charge < -0.3 is 61.3 Å². The predicted octanol–water partition coefficient (Wildman–Crippen LogP) is 6.97. The predicted molar refractivity (Wildman–Crippen MR) is 234 cm³/mol. The van der Waals surface area contributed by atoms with E-state index in [1.807, 2.05) is 0 Å². The maximum absolute atomic E-state index is 14.0. The molecule has 16 nitrogen and oxygen atoms in total. The van der Waals surface area contributed by atoms with Gasteiger partial charge >= 0.3 is 0 Å². The molecular weight excluding hydrogens is 857 g/mol. The second-order valence-corrected chi connectivity index (χ2v) is 16.1. The van der Waals surface area contributed by atoms with Crippen LogP contribution in [-0.4, -0.2) is 84.4 Å². The molecule has 334 valence electrons. The highest BCUT2D eigenvalue weighted by molar-refractivity contribution is 6.43. The van der Waals surface area contributed by atoms with Crippen LogP contribution in [0.3, 0.4) is 0 Å². The molecule has 0 saturated carbocycles. The highest BCUT2D eigenvalue weighted by Gasteiger charge is 2.46. The smallest absolute Gasteiger partial charge is 0.202 e. The third-order valence-electron chi connectivity index (χ3n) is 12.2. The maximum Gasteiger partial charge on any atom is 0.202 e. The number of Topliss-reactive ketones (excluding diaryl/α,β-unsaturated/α-hetero) is 3. The van der Waals surface area contributed by atoms with E-state index in [0.717, 1.165) is 12.1 Å². The average molecular weight is 895 g/mol. The summed E-state index contributed by atoms with van der Waals surface area (Å²) in [7, 11) is 0. The minimum Gasteiger partial charge on any atom is -0.507 e. The minimum atomic E-state index is -1.05. The van der Waals surface area contributed by atoms with Crippen LogP contribution in [0.2, 0.25) is 0 Å². The van der Waals surface area contributed by atoms with E-state index in [1.54, 1.807) is 42.5 Å². The Balaban J connectivity index is 1.11. The standard InChI is InChI=1S/C50H38O16/c1-18-39(55)19(2)42(58)35(41(18)57)37-49(65)38(50(37)66)36-43(59)20(3)40(56)26(46(36)62)15-23-11-7-10-22(12-23)14-25-28(52)17-30(54)32(45(25)61)34-47(63)33(48(34)64)31-29(53)16-27(51)24(44(31)60)13-21-8-5-4-6-9-21/h4-12,16-17,51-52,54-61,63,65H,13-15H2,1-3H3/b33-31?,38-36-. The molecule has 0 saturated heterocycles. The van der Waals surface area contributed by atoms with Gasteiger partial charge in [-0.2, -0.15) is 0 Å². The van der Waals surface area contributed by atoms with Crippen molar-refractivity contribution in [1.29, 1.82) is 0 Å². The molecule has 4 aliphatic carbocycles. The quantitative estimate of drug-likeness (QED) is 0.0794. The Morgan fingerprint density at radius 1 is 0.409 bits per heavy atom. The van der Waals surface area contributed by atoms with Crippen molar-refractivity contribution in [2.45, 2.75) is 40.0 Å². The van der Waals surface area contributed by atoms with Crippen LogP contribution >= 0.6 is 0 Å². The Labute approximate surface area is 373 Å². The van der Waals surface area contributed by atoms with Crippen molar-refractivity contribution < 1.29 is 80.5 Å². The first-order chi connectivity index (χ1) is 31.2. The van der Waals surface area contributed by atoms with Gasteiger partial charge in [-0.05, 0) is 37.5 Å². The molecule has 8 rings (SSSR count). The van der Waals surface area contributed by atoms with Gasteiger partial charge in [0.15, 0.2) is 11.6 Å². The third kappa shape index (κ3) is 6.53. The molecule has 4 aromatic carbocycles. The van der Waals surface area contributed by atoms with E-state index < -0.39 is 137 Å². The zero-order valence-corrected chi connectivity index (χ0v) is 35.0. The lowest BCUT2D eigenvalue weighted by Gasteiger charge is -2.28. The van der Waals surface area contributed by atoms with Gasteiger partial charge in [0.2, 0.25) is 11.6 Å². The number of carbonyl (C=O) groups excluding carboxylic acids is 4. The number of hydrogen-bond acceptors (Lipinski definition) is 16. The van der Waals surface area contributed by atoms with Gasteiger partial charge in [-0.15, -0.1) is 0 Å². The summed E-state index contributed by atoms with van der Waals surface area (Å²) < 4.78 is 0. The van der Waals surface area contributed by atoms with Crippen LogP contribution in [-0.2, 0) is 38.4 Å². The Kier molecular flexibility index (Phi) is 10.4. The topological polar surface area (TPSA) is 311 Å². The van der Waals surface area contributed by atoms with Gasteiger partial charge in [-0.3, -0.25) is 19.2 Å². The zero-order valence-electron chi connectivity index (χ0n) is 35.0. The molecule has 0 atom stereocenters. The number of aliphatic hydroxyl groups is 6. The van der Waals surface area contributed by atoms with Crippen molar-refractivity contribution in [2.75, 3.05) is 0 Å². The molecule has 66 heavy (non-hydrogen) atoms. The number of ketones is 4. The van der Waals surface area contributed by atoms with Crippen molar-refractivity contribution in [3.8, 4) is 34.5 Å². The summed E-state index contributed by atoms with van der Waals surface area (Å²) in [5.41, 5.74) is -4.63. The van der Waals surface area contributed by atoms with E-state index in [2.05, 4.69) is 0 Å². The van der Waals surface area contributed by atoms with Gasteiger partial charge in [-0.1, -0.05) is 54.6 Å². The fraction of sp³-hybridized carbons (Fsp3) is 0.120. The Morgan fingerprint density at radius 2 is 0.924 bits per heavy atom. The first-order valence-electron chi connectivity index (χ1n) is 20.0. The summed E-state index contributed by atoms with van der Waals surface area (Å²) in [6, 6.07) is 15.6. The van der Waals surface area contributed by atoms with E-state index in [4.69, 9.17) is 0 Å². The van der Waals surface area contributed by atoms with Crippen molar-refractivity contribution in [3.05, 3.63) is 185 Å². The van der Waals surface area contributed by atoms with Crippen LogP contribution in [0.4, 0.5) is 0 Å². The summed E-state index contributed by atoms with van der Waals surface area (Å²) >= 11 is 0. The second-order valence-electron chi connectivity index (χ2n) is 16.1. The Morgan fingerprint density at radius 3 is 1.52 bits per heavy atom. The van der Waals surface area contributed by atoms with Crippen LogP contribution < -0.4 is 0 Å². The molecule has 0 aliphatic heterocycles. The second kappa shape index (κ2) is 15.7. The van der Waals surface area contributed by atoms with Gasteiger partial charge in [0, 0.05) is 64.8 Å². The molecule has 0 heterocycles. The summed E-state index contributed by atoms with van der Waals surface area (Å²) in [4.78, 5) is 54.3. The molecule has 4 aliphatic rings. The van der Waals surface area contributed by atoms with Crippen LogP contribution in [0.5, 0.6) is 34.5 Å². The van der Waals surface area contributed by atoms with E-state index in [9.17, 15) is 80.5 Å². The molecule has 4 aromatic rings. The van der Waals surface area contributed by atoms with Gasteiger partial charge in [0.1, 0.15) is 69.1 Å². The number of phenols is 6. The molecule has 16 heteroatoms. The summed E-state index contributed by atoms with van der Waals surface area (Å²) in [6.07, 6.45) is 0.100. The fourth-order valence-corrected chi connectivity index (χ4v) is 8.50. The number of benzene rings is 4. The number of aliphatic hydroxyl groups excluding tert-OH is 6. The monoisotopic (exact) mass is 894 g/mol. The Hall–Kier alpha value is -8.92. The van der Waals surface area contributed by atoms with Crippen molar-refractivity contribution in [3.63, 3.8) is 0 Å². The van der Waals surface area contributed by atoms with E-state index >= 15 is 0 Å². The first kappa shape index (κ1) is 43.7. The highest BCUT2D eigenvalue weighted by atomic mass is 16.3. The molecule has 0 spiro atoms. The molecule has 12 N–H and O–H groups in total. The van der Waals surface area contributed by atoms with E-state index in [0.29, 0.717) is 16.7 Å². The number of allylic oxidation sites excluding steroid dienone is 10. The number of phenolic OH excluding ortho intramolecular Hbond substituents is 6. The highest BCUT2D eigenvalue weighted by Crippen LogP contribution is 2.52. The maximum atomic E-state index is 14.0. The summed E-state index contributed by atoms with van der Waals surface area (Å²) in [5.74, 6) is -12.8. The summed E-state index contributed by atoms with van der Waals surface area (Å²) in [5, 5.41) is 131. The van der Waals surface area contributed by atoms with Crippen LogP contribution in [0.15, 0.2) is 140 Å². The molecule has 0 bridgehead atoms. The van der Waals surface area contributed by atoms with Crippen molar-refractivity contribution in [1.82, 2.24) is 0 Å². The number of carbonyl (C=O) groups is 4. The molecule has 0 fully saturated rings. The van der Waals surface area contributed by atoms with Gasteiger partial charge in [-0.25, -0.2) is 0 Å². The SMILES string of the molecule is CC1=C(O)/C(=C2/C(=O)C(c3c(O)c(C)c(O)c(C)c3O)=C2O)C(=O)C(Cc2cccc(Cc3c(O)cc(O)c(C4=C(O)C(=C5C(=O)C=C(O)C(Cc6ccccc6)=C5O)C4=O)c3O)c2)=C1O. The summed E-state index contributed by atoms with van der Waals surface area (Å²) in [6.45, 7) is 3.87. The lowest BCUT2D eigenvalue weighted by molar-refractivity contribution is -0.115. The van der Waals surface area contributed by atoms with Crippen molar-refractivity contribution in [2.24, 2.45) is 0 Å². The lowest BCUT2D eigenvalue weighted by atomic mass is 9.75.